The molecule has 1 atom stereocenters. The highest BCUT2D eigenvalue weighted by atomic mass is 32.1. The third-order valence-corrected chi connectivity index (χ3v) is 3.89. The molecule has 90 valence electrons. The Morgan fingerprint density at radius 1 is 1.18 bits per heavy atom. The van der Waals surface area contributed by atoms with Gasteiger partial charge in [0.05, 0.1) is 0 Å². The molecular formula is C13H12F2OS. The topological polar surface area (TPSA) is 20.2 Å². The molecular weight excluding hydrogens is 242 g/mol. The molecule has 4 heteroatoms. The summed E-state index contributed by atoms with van der Waals surface area (Å²) >= 11 is 1.39. The van der Waals surface area contributed by atoms with Crippen molar-refractivity contribution in [2.45, 2.75) is 19.4 Å². The van der Waals surface area contributed by atoms with Crippen LogP contribution in [0.5, 0.6) is 0 Å². The molecule has 0 aliphatic heterocycles. The summed E-state index contributed by atoms with van der Waals surface area (Å²) in [5.41, 5.74) is -1.35. The van der Waals surface area contributed by atoms with E-state index in [1.807, 2.05) is 13.0 Å². The van der Waals surface area contributed by atoms with Crippen LogP contribution >= 0.6 is 11.3 Å². The molecule has 1 nitrogen and oxygen atoms in total. The molecule has 2 rings (SSSR count). The van der Waals surface area contributed by atoms with Gasteiger partial charge in [0.1, 0.15) is 17.2 Å². The number of benzene rings is 1. The molecule has 0 radical (unpaired) electrons. The van der Waals surface area contributed by atoms with Crippen molar-refractivity contribution < 1.29 is 13.9 Å². The quantitative estimate of drug-likeness (QED) is 0.868. The fourth-order valence-electron chi connectivity index (χ4n) is 1.71. The average molecular weight is 254 g/mol. The van der Waals surface area contributed by atoms with Gasteiger partial charge >= 0.3 is 0 Å². The molecule has 0 saturated carbocycles. The fourth-order valence-corrected chi connectivity index (χ4v) is 2.64. The summed E-state index contributed by atoms with van der Waals surface area (Å²) in [5, 5.41) is 10.4. The lowest BCUT2D eigenvalue weighted by Crippen LogP contribution is -2.23. The zero-order valence-corrected chi connectivity index (χ0v) is 10.3. The number of halogens is 2. The Morgan fingerprint density at radius 2 is 1.88 bits per heavy atom. The van der Waals surface area contributed by atoms with Crippen molar-refractivity contribution in [2.24, 2.45) is 0 Å². The van der Waals surface area contributed by atoms with Crippen molar-refractivity contribution in [3.05, 3.63) is 57.3 Å². The van der Waals surface area contributed by atoms with Crippen molar-refractivity contribution in [1.29, 1.82) is 0 Å². The molecule has 0 aliphatic rings. The first-order valence-corrected chi connectivity index (χ1v) is 5.98. The second-order valence-corrected chi connectivity index (χ2v) is 5.39. The van der Waals surface area contributed by atoms with Crippen LogP contribution in [0.1, 0.15) is 22.2 Å². The maximum Gasteiger partial charge on any atom is 0.132 e. The summed E-state index contributed by atoms with van der Waals surface area (Å²) in [4.78, 5) is 1.67. The third-order valence-electron chi connectivity index (χ3n) is 2.68. The molecule has 0 aliphatic carbocycles. The van der Waals surface area contributed by atoms with E-state index in [0.29, 0.717) is 4.88 Å². The predicted octanol–water partition coefficient (Wildman–Crippen LogP) is 3.59. The van der Waals surface area contributed by atoms with E-state index in [4.69, 9.17) is 0 Å². The van der Waals surface area contributed by atoms with E-state index < -0.39 is 17.2 Å². The zero-order chi connectivity index (χ0) is 12.6. The first-order valence-electron chi connectivity index (χ1n) is 5.16. The van der Waals surface area contributed by atoms with Gasteiger partial charge in [0.15, 0.2) is 0 Å². The Bertz CT molecular complexity index is 546. The van der Waals surface area contributed by atoms with Crippen molar-refractivity contribution >= 4 is 11.3 Å². The molecule has 1 aromatic heterocycles. The fraction of sp³-hybridized carbons (Fsp3) is 0.231. The van der Waals surface area contributed by atoms with Crippen molar-refractivity contribution in [1.82, 2.24) is 0 Å². The predicted molar refractivity (Wildman–Crippen MR) is 64.1 cm³/mol. The molecule has 0 saturated heterocycles. The largest absolute Gasteiger partial charge is 0.380 e. The van der Waals surface area contributed by atoms with Crippen LogP contribution in [0.15, 0.2) is 30.3 Å². The van der Waals surface area contributed by atoms with Gasteiger partial charge in [0.2, 0.25) is 0 Å². The SMILES string of the molecule is Cc1ccc(C(C)(O)c2ccc(F)cc2F)s1. The van der Waals surface area contributed by atoms with Gasteiger partial charge in [-0.25, -0.2) is 8.78 Å². The normalized spacial score (nSPS) is 14.6. The standard InChI is InChI=1S/C13H12F2OS/c1-8-3-6-12(17-8)13(2,16)10-5-4-9(14)7-11(10)15/h3-7,16H,1-2H3. The number of thiophene rings is 1. The van der Waals surface area contributed by atoms with Crippen LogP contribution in [0, 0.1) is 18.6 Å². The maximum atomic E-state index is 13.6. The van der Waals surface area contributed by atoms with Crippen molar-refractivity contribution in [2.75, 3.05) is 0 Å². The number of rotatable bonds is 2. The monoisotopic (exact) mass is 254 g/mol. The van der Waals surface area contributed by atoms with Crippen LogP contribution in [0.4, 0.5) is 8.78 Å². The van der Waals surface area contributed by atoms with Crippen LogP contribution in [-0.2, 0) is 5.60 Å². The lowest BCUT2D eigenvalue weighted by molar-refractivity contribution is 0.102. The molecule has 1 aromatic carbocycles. The van der Waals surface area contributed by atoms with Crippen molar-refractivity contribution in [3.63, 3.8) is 0 Å². The second kappa shape index (κ2) is 4.20. The van der Waals surface area contributed by atoms with Gasteiger partial charge in [0, 0.05) is 21.4 Å². The highest BCUT2D eigenvalue weighted by Gasteiger charge is 2.30. The van der Waals surface area contributed by atoms with Crippen LogP contribution in [0.25, 0.3) is 0 Å². The van der Waals surface area contributed by atoms with Gasteiger partial charge in [-0.2, -0.15) is 0 Å². The van der Waals surface area contributed by atoms with Crippen molar-refractivity contribution in [3.8, 4) is 0 Å². The highest BCUT2D eigenvalue weighted by Crippen LogP contribution is 2.35. The molecule has 0 amide bonds. The van der Waals surface area contributed by atoms with Gasteiger partial charge in [-0.1, -0.05) is 0 Å². The van der Waals surface area contributed by atoms with E-state index in [9.17, 15) is 13.9 Å². The van der Waals surface area contributed by atoms with Gasteiger partial charge in [-0.05, 0) is 38.1 Å². The van der Waals surface area contributed by atoms with Gasteiger partial charge in [0.25, 0.3) is 0 Å². The van der Waals surface area contributed by atoms with Crippen LogP contribution in [-0.4, -0.2) is 5.11 Å². The Labute approximate surface area is 102 Å². The number of aliphatic hydroxyl groups is 1. The molecule has 0 fully saturated rings. The minimum Gasteiger partial charge on any atom is -0.380 e. The van der Waals surface area contributed by atoms with Crippen LogP contribution in [0.3, 0.4) is 0 Å². The molecule has 0 bridgehead atoms. The molecule has 17 heavy (non-hydrogen) atoms. The van der Waals surface area contributed by atoms with Gasteiger partial charge < -0.3 is 5.11 Å². The minimum atomic E-state index is -1.43. The molecule has 1 N–H and O–H groups in total. The summed E-state index contributed by atoms with van der Waals surface area (Å²) in [6.07, 6.45) is 0. The third kappa shape index (κ3) is 2.23. The summed E-state index contributed by atoms with van der Waals surface area (Å²) < 4.78 is 26.5. The second-order valence-electron chi connectivity index (χ2n) is 4.11. The van der Waals surface area contributed by atoms with E-state index in [2.05, 4.69) is 0 Å². The first-order chi connectivity index (χ1) is 7.91. The Morgan fingerprint density at radius 3 is 2.41 bits per heavy atom. The maximum absolute atomic E-state index is 13.6. The Hall–Kier alpha value is -1.26. The summed E-state index contributed by atoms with van der Waals surface area (Å²) in [7, 11) is 0. The average Bonchev–Trinajstić information content (AvgIpc) is 2.64. The lowest BCUT2D eigenvalue weighted by Gasteiger charge is -2.23. The molecule has 0 spiro atoms. The van der Waals surface area contributed by atoms with Gasteiger partial charge in [-0.3, -0.25) is 0 Å². The van der Waals surface area contributed by atoms with E-state index >= 15 is 0 Å². The molecule has 1 heterocycles. The Balaban J connectivity index is 2.51. The van der Waals surface area contributed by atoms with E-state index in [1.54, 1.807) is 6.07 Å². The van der Waals surface area contributed by atoms with Crippen LogP contribution in [0.2, 0.25) is 0 Å². The van der Waals surface area contributed by atoms with E-state index in [-0.39, 0.29) is 5.56 Å². The van der Waals surface area contributed by atoms with Gasteiger partial charge in [-0.15, -0.1) is 11.3 Å². The minimum absolute atomic E-state index is 0.0840. The highest BCUT2D eigenvalue weighted by molar-refractivity contribution is 7.12. The van der Waals surface area contributed by atoms with Crippen LogP contribution < -0.4 is 0 Å². The summed E-state index contributed by atoms with van der Waals surface area (Å²) in [6, 6.07) is 6.82. The number of hydrogen-bond acceptors (Lipinski definition) is 2. The number of aryl methyl sites for hydroxylation is 1. The first kappa shape index (κ1) is 12.2. The molecule has 1 unspecified atom stereocenters. The zero-order valence-electron chi connectivity index (χ0n) is 9.50. The summed E-state index contributed by atoms with van der Waals surface area (Å²) in [5.74, 6) is -1.38. The summed E-state index contributed by atoms with van der Waals surface area (Å²) in [6.45, 7) is 3.42. The smallest absolute Gasteiger partial charge is 0.132 e. The van der Waals surface area contributed by atoms with E-state index in [0.717, 1.165) is 17.0 Å². The lowest BCUT2D eigenvalue weighted by atomic mass is 9.94. The number of hydrogen-bond donors (Lipinski definition) is 1. The molecule has 2 aromatic rings. The van der Waals surface area contributed by atoms with E-state index in [1.165, 1.54) is 24.3 Å². The Kier molecular flexibility index (Phi) is 3.02.